The van der Waals surface area contributed by atoms with Gasteiger partial charge in [0.25, 0.3) is 0 Å². The predicted molar refractivity (Wildman–Crippen MR) is 102 cm³/mol. The Hall–Kier alpha value is -2.52. The summed E-state index contributed by atoms with van der Waals surface area (Å²) in [6.45, 7) is 2.64. The smallest absolute Gasteiger partial charge is 0.237 e. The minimum atomic E-state index is -1.63. The number of imidazole rings is 1. The number of rotatable bonds is 7. The molecule has 3 aromatic rings. The Morgan fingerprint density at radius 2 is 1.96 bits per heavy atom. The van der Waals surface area contributed by atoms with Crippen molar-refractivity contribution in [1.29, 1.82) is 0 Å². The summed E-state index contributed by atoms with van der Waals surface area (Å²) < 4.78 is 47.2. The summed E-state index contributed by atoms with van der Waals surface area (Å²) in [5, 5.41) is 2.23. The summed E-state index contributed by atoms with van der Waals surface area (Å²) in [7, 11) is 1.60. The molecule has 1 atom stereocenters. The van der Waals surface area contributed by atoms with Crippen LogP contribution in [0, 0.1) is 17.5 Å². The number of methoxy groups -OCH3 is 1. The Labute approximate surface area is 163 Å². The first-order valence-corrected chi connectivity index (χ1v) is 9.35. The number of carbonyl (C=O) groups excluding carboxylic acids is 1. The van der Waals surface area contributed by atoms with E-state index in [2.05, 4.69) is 10.3 Å². The molecule has 0 saturated carbocycles. The topological polar surface area (TPSA) is 56.1 Å². The number of hydrogen-bond acceptors (Lipinski definition) is 4. The van der Waals surface area contributed by atoms with Gasteiger partial charge in [-0.2, -0.15) is 0 Å². The van der Waals surface area contributed by atoms with Gasteiger partial charge in [0.05, 0.1) is 28.6 Å². The van der Waals surface area contributed by atoms with Crippen LogP contribution < -0.4 is 5.32 Å². The fraction of sp³-hybridized carbons (Fsp3) is 0.263. The maximum absolute atomic E-state index is 13.8. The molecule has 0 spiro atoms. The monoisotopic (exact) mass is 409 g/mol. The van der Waals surface area contributed by atoms with Crippen molar-refractivity contribution in [1.82, 2.24) is 9.55 Å². The number of nitrogens with zero attached hydrogens (tertiary/aromatic N) is 2. The van der Waals surface area contributed by atoms with E-state index in [1.165, 1.54) is 11.8 Å². The van der Waals surface area contributed by atoms with Crippen LogP contribution in [0.25, 0.3) is 11.0 Å². The van der Waals surface area contributed by atoms with Crippen LogP contribution >= 0.6 is 11.8 Å². The molecular weight excluding hydrogens is 391 g/mol. The standard InChI is InChI=1S/C19H18F3N3O2S/c1-11(18(26)23-14-8-7-12(20)16(21)17(14)22)28-19-24-13-5-3-4-6-15(13)25(19)9-10-27-2/h3-8,11H,9-10H2,1-2H3,(H,23,26)/t11-/m1/s1. The minimum absolute atomic E-state index is 0.413. The van der Waals surface area contributed by atoms with E-state index in [1.807, 2.05) is 28.8 Å². The average Bonchev–Trinajstić information content (AvgIpc) is 3.03. The van der Waals surface area contributed by atoms with Crippen molar-refractivity contribution in [2.45, 2.75) is 23.9 Å². The fourth-order valence-corrected chi connectivity index (χ4v) is 3.56. The molecule has 5 nitrogen and oxygen atoms in total. The number of amides is 1. The van der Waals surface area contributed by atoms with Crippen LogP contribution in [0.15, 0.2) is 41.6 Å². The van der Waals surface area contributed by atoms with Crippen LogP contribution in [0.1, 0.15) is 6.92 Å². The second-order valence-corrected chi connectivity index (χ2v) is 7.31. The normalized spacial score (nSPS) is 12.3. The SMILES string of the molecule is COCCn1c(S[C@H](C)C(=O)Nc2ccc(F)c(F)c2F)nc2ccccc21. The van der Waals surface area contributed by atoms with E-state index < -0.39 is 34.3 Å². The van der Waals surface area contributed by atoms with Crippen LogP contribution in [0.3, 0.4) is 0 Å². The molecule has 1 N–H and O–H groups in total. The molecule has 3 rings (SSSR count). The Bertz CT molecular complexity index is 1010. The molecule has 28 heavy (non-hydrogen) atoms. The predicted octanol–water partition coefficient (Wildman–Crippen LogP) is 4.22. The van der Waals surface area contributed by atoms with Crippen LogP contribution in [-0.2, 0) is 16.1 Å². The highest BCUT2D eigenvalue weighted by Gasteiger charge is 2.22. The van der Waals surface area contributed by atoms with Crippen molar-refractivity contribution in [3.05, 3.63) is 53.8 Å². The van der Waals surface area contributed by atoms with Gasteiger partial charge >= 0.3 is 0 Å². The van der Waals surface area contributed by atoms with Crippen LogP contribution in [0.2, 0.25) is 0 Å². The van der Waals surface area contributed by atoms with Gasteiger partial charge in [-0.3, -0.25) is 4.79 Å². The number of nitrogens with one attached hydrogen (secondary N) is 1. The van der Waals surface area contributed by atoms with E-state index in [4.69, 9.17) is 4.74 Å². The first-order chi connectivity index (χ1) is 13.4. The third-order valence-corrected chi connectivity index (χ3v) is 5.17. The molecule has 1 aromatic heterocycles. The van der Waals surface area contributed by atoms with Gasteiger partial charge in [0, 0.05) is 13.7 Å². The van der Waals surface area contributed by atoms with Gasteiger partial charge in [-0.1, -0.05) is 23.9 Å². The zero-order chi connectivity index (χ0) is 20.3. The number of anilines is 1. The maximum Gasteiger partial charge on any atom is 0.237 e. The van der Waals surface area contributed by atoms with Crippen molar-refractivity contribution >= 4 is 34.4 Å². The van der Waals surface area contributed by atoms with Gasteiger partial charge in [-0.15, -0.1) is 0 Å². The molecule has 9 heteroatoms. The van der Waals surface area contributed by atoms with Crippen molar-refractivity contribution in [3.63, 3.8) is 0 Å². The Balaban J connectivity index is 1.79. The number of carbonyl (C=O) groups is 1. The lowest BCUT2D eigenvalue weighted by atomic mass is 10.2. The first-order valence-electron chi connectivity index (χ1n) is 8.47. The number of ether oxygens (including phenoxy) is 1. The highest BCUT2D eigenvalue weighted by molar-refractivity contribution is 8.00. The van der Waals surface area contributed by atoms with Gasteiger partial charge in [-0.05, 0) is 31.2 Å². The van der Waals surface area contributed by atoms with Crippen LogP contribution in [0.4, 0.5) is 18.9 Å². The Kier molecular flexibility index (Phi) is 6.25. The molecule has 0 aliphatic rings. The molecule has 148 valence electrons. The molecule has 2 aromatic carbocycles. The van der Waals surface area contributed by atoms with E-state index in [1.54, 1.807) is 14.0 Å². The number of fused-ring (bicyclic) bond motifs is 1. The van der Waals surface area contributed by atoms with Crippen molar-refractivity contribution < 1.29 is 22.7 Å². The molecule has 0 aliphatic carbocycles. The molecule has 0 radical (unpaired) electrons. The summed E-state index contributed by atoms with van der Waals surface area (Å²) >= 11 is 1.18. The highest BCUT2D eigenvalue weighted by Crippen LogP contribution is 2.28. The second kappa shape index (κ2) is 8.66. The maximum atomic E-state index is 13.8. The summed E-state index contributed by atoms with van der Waals surface area (Å²) in [5.41, 5.74) is 1.27. The molecule has 1 heterocycles. The third kappa shape index (κ3) is 4.15. The number of para-hydroxylation sites is 2. The van der Waals surface area contributed by atoms with Gasteiger partial charge in [0.2, 0.25) is 5.91 Å². The molecular formula is C19H18F3N3O2S. The van der Waals surface area contributed by atoms with Crippen LogP contribution in [0.5, 0.6) is 0 Å². The van der Waals surface area contributed by atoms with Crippen molar-refractivity contribution in [2.75, 3.05) is 19.0 Å². The highest BCUT2D eigenvalue weighted by atomic mass is 32.2. The lowest BCUT2D eigenvalue weighted by Crippen LogP contribution is -2.24. The molecule has 0 bridgehead atoms. The zero-order valence-electron chi connectivity index (χ0n) is 15.2. The Morgan fingerprint density at radius 1 is 1.21 bits per heavy atom. The molecule has 0 fully saturated rings. The van der Waals surface area contributed by atoms with Crippen LogP contribution in [-0.4, -0.2) is 34.4 Å². The fourth-order valence-electron chi connectivity index (χ4n) is 2.61. The number of hydrogen-bond donors (Lipinski definition) is 1. The summed E-state index contributed by atoms with van der Waals surface area (Å²) in [6, 6.07) is 9.29. The molecule has 0 aliphatic heterocycles. The van der Waals surface area contributed by atoms with Gasteiger partial charge < -0.3 is 14.6 Å². The average molecular weight is 409 g/mol. The van der Waals surface area contributed by atoms with Crippen molar-refractivity contribution in [2.24, 2.45) is 0 Å². The van der Waals surface area contributed by atoms with E-state index >= 15 is 0 Å². The lowest BCUT2D eigenvalue weighted by Gasteiger charge is -2.14. The minimum Gasteiger partial charge on any atom is -0.383 e. The zero-order valence-corrected chi connectivity index (χ0v) is 16.0. The number of thioether (sulfide) groups is 1. The van der Waals surface area contributed by atoms with Gasteiger partial charge in [-0.25, -0.2) is 18.2 Å². The number of halogens is 3. The summed E-state index contributed by atoms with van der Waals surface area (Å²) in [4.78, 5) is 17.0. The van der Waals surface area contributed by atoms with E-state index in [0.717, 1.165) is 23.2 Å². The molecule has 0 unspecified atom stereocenters. The van der Waals surface area contributed by atoms with Gasteiger partial charge in [0.1, 0.15) is 0 Å². The van der Waals surface area contributed by atoms with Gasteiger partial charge in [0.15, 0.2) is 22.6 Å². The molecule has 0 saturated heterocycles. The largest absolute Gasteiger partial charge is 0.383 e. The first kappa shape index (κ1) is 20.2. The lowest BCUT2D eigenvalue weighted by molar-refractivity contribution is -0.115. The van der Waals surface area contributed by atoms with Crippen molar-refractivity contribution in [3.8, 4) is 0 Å². The number of benzene rings is 2. The molecule has 1 amide bonds. The third-order valence-electron chi connectivity index (χ3n) is 4.08. The van der Waals surface area contributed by atoms with E-state index in [-0.39, 0.29) is 0 Å². The summed E-state index contributed by atoms with van der Waals surface area (Å²) in [5.74, 6) is -4.93. The van der Waals surface area contributed by atoms with E-state index in [0.29, 0.717) is 18.3 Å². The Morgan fingerprint density at radius 3 is 2.71 bits per heavy atom. The second-order valence-electron chi connectivity index (χ2n) is 6.00. The summed E-state index contributed by atoms with van der Waals surface area (Å²) in [6.07, 6.45) is 0. The van der Waals surface area contributed by atoms with E-state index in [9.17, 15) is 18.0 Å². The quantitative estimate of drug-likeness (QED) is 0.469. The number of aromatic nitrogens is 2.